The maximum absolute atomic E-state index is 6.59. The van der Waals surface area contributed by atoms with Gasteiger partial charge in [-0.15, -0.1) is 11.3 Å². The Balaban J connectivity index is 0.000000131. The number of benzene rings is 18. The van der Waals surface area contributed by atoms with Crippen LogP contribution in [0.15, 0.2) is 381 Å². The molecule has 18 aromatic carbocycles. The van der Waals surface area contributed by atoms with Crippen LogP contribution < -0.4 is 0 Å². The minimum absolute atomic E-state index is 0.580. The van der Waals surface area contributed by atoms with Crippen LogP contribution in [0.1, 0.15) is 0 Å². The van der Waals surface area contributed by atoms with Gasteiger partial charge < -0.3 is 13.6 Å². The fraction of sp³-hybridized carbons (Fsp3) is 0. The van der Waals surface area contributed by atoms with Gasteiger partial charge in [-0.25, -0.2) is 9.97 Å². The molecule has 548 valence electrons. The van der Waals surface area contributed by atoms with Crippen molar-refractivity contribution < 1.29 is 4.42 Å². The van der Waals surface area contributed by atoms with Gasteiger partial charge in [0, 0.05) is 91.6 Å². The zero-order chi connectivity index (χ0) is 77.2. The number of nitrogens with zero attached hydrogens (tertiary/aromatic N) is 10. The molecule has 0 unspecified atom stereocenters. The Labute approximate surface area is 677 Å². The molecule has 26 aromatic rings. The highest BCUT2D eigenvalue weighted by Crippen LogP contribution is 2.49. The zero-order valence-electron chi connectivity index (χ0n) is 63.1. The van der Waals surface area contributed by atoms with Gasteiger partial charge in [-0.2, -0.15) is 19.9 Å². The van der Waals surface area contributed by atoms with Gasteiger partial charge in [0.25, 0.3) is 0 Å². The van der Waals surface area contributed by atoms with Gasteiger partial charge in [-0.1, -0.05) is 291 Å². The van der Waals surface area contributed by atoms with Crippen molar-refractivity contribution in [3.63, 3.8) is 0 Å². The van der Waals surface area contributed by atoms with E-state index in [4.69, 9.17) is 34.3 Å². The van der Waals surface area contributed by atoms with E-state index in [1.807, 2.05) is 121 Å². The van der Waals surface area contributed by atoms with E-state index in [-0.39, 0.29) is 0 Å². The molecule has 8 aromatic heterocycles. The predicted molar refractivity (Wildman–Crippen MR) is 487 cm³/mol. The molecule has 0 fully saturated rings. The second-order valence-corrected chi connectivity index (χ2v) is 31.4. The molecule has 0 atom stereocenters. The number of hydrogen-bond donors (Lipinski definition) is 0. The van der Waals surface area contributed by atoms with Crippen molar-refractivity contribution in [2.75, 3.05) is 0 Å². The molecule has 0 saturated carbocycles. The highest BCUT2D eigenvalue weighted by molar-refractivity contribution is 7.26. The van der Waals surface area contributed by atoms with Gasteiger partial charge in [-0.3, -0.25) is 9.13 Å². The van der Waals surface area contributed by atoms with Gasteiger partial charge in [0.2, 0.25) is 11.9 Å². The molecule has 0 bridgehead atoms. The van der Waals surface area contributed by atoms with Gasteiger partial charge >= 0.3 is 0 Å². The van der Waals surface area contributed by atoms with Crippen molar-refractivity contribution >= 4 is 162 Å². The third kappa shape index (κ3) is 10.00. The van der Waals surface area contributed by atoms with Crippen LogP contribution in [0.25, 0.3) is 242 Å². The lowest BCUT2D eigenvalue weighted by Gasteiger charge is -2.12. The number of fused-ring (bicyclic) bond motifs is 12. The lowest BCUT2D eigenvalue weighted by molar-refractivity contribution is 0.666. The summed E-state index contributed by atoms with van der Waals surface area (Å²) in [7, 11) is 0. The van der Waals surface area contributed by atoms with Crippen LogP contribution in [0, 0.1) is 0 Å². The molecule has 0 amide bonds. The fourth-order valence-corrected chi connectivity index (χ4v) is 19.9. The van der Waals surface area contributed by atoms with E-state index < -0.39 is 0 Å². The molecule has 0 saturated heterocycles. The van der Waals surface area contributed by atoms with Crippen molar-refractivity contribution in [3.8, 4) is 91.1 Å². The maximum Gasteiger partial charge on any atom is 0.238 e. The van der Waals surface area contributed by atoms with Crippen LogP contribution in [-0.4, -0.2) is 48.2 Å². The first-order valence-corrected chi connectivity index (χ1v) is 40.5. The number of furan rings is 1. The molecule has 12 heteroatoms. The highest BCUT2D eigenvalue weighted by atomic mass is 32.1. The summed E-state index contributed by atoms with van der Waals surface area (Å²) >= 11 is 1.88. The first-order chi connectivity index (χ1) is 58.5. The topological polar surface area (TPSA) is 110 Å². The minimum Gasteiger partial charge on any atom is -0.454 e. The van der Waals surface area contributed by atoms with E-state index in [1.165, 1.54) is 96.7 Å². The quantitative estimate of drug-likeness (QED) is 0.125. The maximum atomic E-state index is 6.59. The van der Waals surface area contributed by atoms with Crippen LogP contribution in [0.2, 0.25) is 0 Å². The van der Waals surface area contributed by atoms with Crippen LogP contribution in [0.3, 0.4) is 0 Å². The van der Waals surface area contributed by atoms with E-state index in [2.05, 4.69) is 285 Å². The monoisotopic (exact) mass is 1520 g/mol. The second-order valence-electron chi connectivity index (χ2n) is 30.4. The Hall–Kier alpha value is -15.8. The Bertz CT molecular complexity index is 7960. The number of rotatable bonds is 10. The van der Waals surface area contributed by atoms with E-state index in [0.717, 1.165) is 110 Å². The summed E-state index contributed by atoms with van der Waals surface area (Å²) in [4.78, 5) is 30.5. The number of aromatic nitrogens is 10. The van der Waals surface area contributed by atoms with Crippen molar-refractivity contribution in [2.45, 2.75) is 0 Å². The average molecular weight is 1520 g/mol. The molecule has 0 aliphatic heterocycles. The molecule has 0 N–H and O–H groups in total. The molecule has 0 spiro atoms. The molecule has 8 heterocycles. The largest absolute Gasteiger partial charge is 0.454 e. The standard InChI is InChI=1S/C53H31N5O.C53H31N5S/c2*1-3-13-33(14-4-1)51-54-52(34-15-5-2-6-16-34)56-53(55-51)58-42-21-9-7-18-37(42)41-31-35(26-29-43(41)58)36-28-30-45-49-39(36)27-25-32-17-11-22-44(48(32)49)57(45)46-23-12-20-40-38-19-8-10-24-47(38)59-50(40)46/h2*1-31H. The molecule has 0 aliphatic rings. The minimum atomic E-state index is 0.580. The Morgan fingerprint density at radius 1 is 0.220 bits per heavy atom. The SMILES string of the molecule is c1ccc(-c2nc(-c3ccccc3)nc(-n3c4ccccc4c4cc(-c5ccc6c7c5ccc5cccc(c57)n6-c5cccc6c5oc5ccccc56)ccc43)n2)cc1.c1ccc(-c2nc(-c3ccccc3)nc(-n3c4ccccc4c4cc(-c5ccc6c7c5ccc5cccc(c57)n6-c5cccc6c5sc5ccccc56)ccc43)n2)cc1. The zero-order valence-corrected chi connectivity index (χ0v) is 63.9. The molecule has 118 heavy (non-hydrogen) atoms. The third-order valence-electron chi connectivity index (χ3n) is 23.9. The van der Waals surface area contributed by atoms with Gasteiger partial charge in [0.1, 0.15) is 5.58 Å². The summed E-state index contributed by atoms with van der Waals surface area (Å²) in [5.74, 6) is 3.70. The van der Waals surface area contributed by atoms with Crippen molar-refractivity contribution in [3.05, 3.63) is 376 Å². The Morgan fingerprint density at radius 3 is 1.11 bits per heavy atom. The summed E-state index contributed by atoms with van der Waals surface area (Å²) < 4.78 is 18.5. The highest BCUT2D eigenvalue weighted by Gasteiger charge is 2.27. The van der Waals surface area contributed by atoms with Crippen molar-refractivity contribution in [1.82, 2.24) is 48.2 Å². The summed E-state index contributed by atoms with van der Waals surface area (Å²) in [5.41, 5.74) is 21.4. The number of para-hydroxylation sites is 4. The summed E-state index contributed by atoms with van der Waals surface area (Å²) in [6.45, 7) is 0. The molecule has 26 rings (SSSR count). The van der Waals surface area contributed by atoms with Crippen molar-refractivity contribution in [2.24, 2.45) is 0 Å². The van der Waals surface area contributed by atoms with E-state index in [0.29, 0.717) is 35.2 Å². The lowest BCUT2D eigenvalue weighted by Crippen LogP contribution is -2.06. The normalized spacial score (nSPS) is 12.1. The first kappa shape index (κ1) is 65.8. The van der Waals surface area contributed by atoms with Crippen LogP contribution in [0.5, 0.6) is 0 Å². The molecule has 11 nitrogen and oxygen atoms in total. The summed E-state index contributed by atoms with van der Waals surface area (Å²) in [5, 5.41) is 19.4. The first-order valence-electron chi connectivity index (χ1n) is 39.7. The smallest absolute Gasteiger partial charge is 0.238 e. The molecule has 0 radical (unpaired) electrons. The van der Waals surface area contributed by atoms with Gasteiger partial charge in [0.15, 0.2) is 28.9 Å². The lowest BCUT2D eigenvalue weighted by atomic mass is 9.94. The Kier molecular flexibility index (Phi) is 14.4. The third-order valence-corrected chi connectivity index (χ3v) is 25.1. The van der Waals surface area contributed by atoms with E-state index in [9.17, 15) is 0 Å². The fourth-order valence-electron chi connectivity index (χ4n) is 18.7. The van der Waals surface area contributed by atoms with E-state index >= 15 is 0 Å². The van der Waals surface area contributed by atoms with Crippen LogP contribution in [0.4, 0.5) is 0 Å². The summed E-state index contributed by atoms with van der Waals surface area (Å²) in [6.07, 6.45) is 0. The predicted octanol–water partition coefficient (Wildman–Crippen LogP) is 27.6. The van der Waals surface area contributed by atoms with Gasteiger partial charge in [-0.05, 0) is 129 Å². The second kappa shape index (κ2) is 25.9. The van der Waals surface area contributed by atoms with Crippen LogP contribution >= 0.6 is 11.3 Å². The summed E-state index contributed by atoms with van der Waals surface area (Å²) in [6, 6.07) is 133. The number of thiophene rings is 1. The molecular formula is C106H62N10OS. The van der Waals surface area contributed by atoms with Crippen molar-refractivity contribution in [1.29, 1.82) is 0 Å². The molecular weight excluding hydrogens is 1460 g/mol. The number of hydrogen-bond acceptors (Lipinski definition) is 8. The molecule has 0 aliphatic carbocycles. The van der Waals surface area contributed by atoms with E-state index in [1.54, 1.807) is 0 Å². The Morgan fingerprint density at radius 2 is 0.602 bits per heavy atom. The van der Waals surface area contributed by atoms with Crippen LogP contribution in [-0.2, 0) is 0 Å². The van der Waals surface area contributed by atoms with Gasteiger partial charge in [0.05, 0.1) is 60.2 Å². The average Bonchev–Trinajstić information content (AvgIpc) is 1.54.